The van der Waals surface area contributed by atoms with Gasteiger partial charge in [0.15, 0.2) is 0 Å². The molecular weight excluding hydrogens is 371 g/mol. The van der Waals surface area contributed by atoms with Gasteiger partial charge >= 0.3 is 0 Å². The third-order valence-corrected chi connectivity index (χ3v) is 5.41. The highest BCUT2D eigenvalue weighted by atomic mass is 32.1. The van der Waals surface area contributed by atoms with Crippen molar-refractivity contribution in [3.63, 3.8) is 0 Å². The quantitative estimate of drug-likeness (QED) is 0.692. The van der Waals surface area contributed by atoms with Gasteiger partial charge in [-0.2, -0.15) is 0 Å². The molecule has 138 valence electrons. The number of likely N-dealkylation sites (N-methyl/N-ethyl adjacent to an activating group) is 1. The van der Waals surface area contributed by atoms with Crippen LogP contribution in [-0.2, 0) is 16.1 Å². The topological polar surface area (TPSA) is 86.4 Å². The van der Waals surface area contributed by atoms with Gasteiger partial charge in [-0.15, -0.1) is 11.3 Å². The molecule has 1 aliphatic heterocycles. The van der Waals surface area contributed by atoms with Crippen LogP contribution >= 0.6 is 11.3 Å². The molecule has 1 N–H and O–H groups in total. The van der Waals surface area contributed by atoms with Crippen LogP contribution in [0.3, 0.4) is 0 Å². The molecule has 1 aromatic carbocycles. The fraction of sp³-hybridized carbons (Fsp3) is 0.222. The predicted octanol–water partition coefficient (Wildman–Crippen LogP) is 1.89. The zero-order valence-corrected chi connectivity index (χ0v) is 15.1. The molecule has 3 aromatic rings. The van der Waals surface area contributed by atoms with E-state index in [4.69, 9.17) is 0 Å². The number of imide groups is 1. The number of benzene rings is 1. The van der Waals surface area contributed by atoms with Gasteiger partial charge < -0.3 is 4.98 Å². The Morgan fingerprint density at radius 2 is 2.00 bits per heavy atom. The van der Waals surface area contributed by atoms with E-state index in [1.54, 1.807) is 23.4 Å². The van der Waals surface area contributed by atoms with E-state index >= 15 is 0 Å². The maximum absolute atomic E-state index is 13.1. The summed E-state index contributed by atoms with van der Waals surface area (Å²) in [7, 11) is 1.70. The van der Waals surface area contributed by atoms with Crippen LogP contribution in [0.25, 0.3) is 10.2 Å². The smallest absolute Gasteiger partial charge is 0.268 e. The monoisotopic (exact) mass is 386 g/mol. The Morgan fingerprint density at radius 3 is 2.74 bits per heavy atom. The van der Waals surface area contributed by atoms with Crippen LogP contribution in [-0.4, -0.2) is 39.8 Å². The third kappa shape index (κ3) is 3.15. The molecule has 1 atom stereocenters. The lowest BCUT2D eigenvalue weighted by Crippen LogP contribution is -2.40. The zero-order valence-electron chi connectivity index (χ0n) is 14.3. The first-order valence-corrected chi connectivity index (χ1v) is 9.11. The highest BCUT2D eigenvalue weighted by molar-refractivity contribution is 7.17. The summed E-state index contributed by atoms with van der Waals surface area (Å²) < 4.78 is 13.7. The van der Waals surface area contributed by atoms with Crippen LogP contribution in [0.4, 0.5) is 10.1 Å². The number of carbonyl (C=O) groups is 2. The number of amides is 2. The summed E-state index contributed by atoms with van der Waals surface area (Å²) >= 11 is 1.31. The third-order valence-electron chi connectivity index (χ3n) is 4.50. The van der Waals surface area contributed by atoms with Gasteiger partial charge in [-0.1, -0.05) is 0 Å². The molecular formula is C18H15FN4O3S. The number of fused-ring (bicyclic) bond motifs is 1. The van der Waals surface area contributed by atoms with Crippen molar-refractivity contribution in [2.24, 2.45) is 0 Å². The van der Waals surface area contributed by atoms with E-state index in [-0.39, 0.29) is 30.3 Å². The van der Waals surface area contributed by atoms with Crippen molar-refractivity contribution >= 4 is 39.1 Å². The van der Waals surface area contributed by atoms with Crippen LogP contribution in [0.5, 0.6) is 0 Å². The Balaban J connectivity index is 1.55. The Labute approximate surface area is 157 Å². The predicted molar refractivity (Wildman–Crippen MR) is 99.0 cm³/mol. The number of halogens is 1. The number of rotatable bonds is 4. The lowest BCUT2D eigenvalue weighted by Gasteiger charge is -2.22. The molecule has 27 heavy (non-hydrogen) atoms. The highest BCUT2D eigenvalue weighted by Gasteiger charge is 2.41. The van der Waals surface area contributed by atoms with Gasteiger partial charge in [-0.05, 0) is 42.8 Å². The Hall–Kier alpha value is -2.91. The molecule has 4 rings (SSSR count). The van der Waals surface area contributed by atoms with Crippen LogP contribution in [0.15, 0.2) is 40.5 Å². The molecule has 2 amide bonds. The molecule has 1 saturated heterocycles. The van der Waals surface area contributed by atoms with Crippen LogP contribution in [0, 0.1) is 5.82 Å². The number of hydrogen-bond acceptors (Lipinski definition) is 6. The van der Waals surface area contributed by atoms with Gasteiger partial charge in [0.2, 0.25) is 5.91 Å². The molecule has 0 bridgehead atoms. The normalized spacial score (nSPS) is 17.4. The van der Waals surface area contributed by atoms with Crippen molar-refractivity contribution < 1.29 is 14.0 Å². The first kappa shape index (κ1) is 17.5. The minimum absolute atomic E-state index is 0.0115. The van der Waals surface area contributed by atoms with E-state index < -0.39 is 11.9 Å². The van der Waals surface area contributed by atoms with Crippen LogP contribution in [0.2, 0.25) is 0 Å². The number of aromatic amines is 1. The van der Waals surface area contributed by atoms with Gasteiger partial charge in [0.25, 0.3) is 11.5 Å². The Morgan fingerprint density at radius 1 is 1.26 bits per heavy atom. The van der Waals surface area contributed by atoms with Crippen molar-refractivity contribution in [1.82, 2.24) is 14.9 Å². The minimum atomic E-state index is -0.675. The van der Waals surface area contributed by atoms with Crippen molar-refractivity contribution in [2.45, 2.75) is 19.0 Å². The van der Waals surface area contributed by atoms with Crippen molar-refractivity contribution in [1.29, 1.82) is 0 Å². The molecule has 0 spiro atoms. The van der Waals surface area contributed by atoms with Gasteiger partial charge in [0, 0.05) is 0 Å². The van der Waals surface area contributed by atoms with Gasteiger partial charge in [-0.25, -0.2) is 14.3 Å². The van der Waals surface area contributed by atoms with E-state index in [0.29, 0.717) is 21.7 Å². The standard InChI is InChI=1S/C18H15FN4O3S/c1-22(9-14-20-12-6-7-27-16(12)17(25)21-14)13-8-15(24)23(18(13)26)11-4-2-10(19)3-5-11/h2-7,13H,8-9H2,1H3,(H,20,21,25)/t13-/m0/s1. The lowest BCUT2D eigenvalue weighted by atomic mass is 10.2. The number of nitrogens with one attached hydrogen (secondary N) is 1. The summed E-state index contributed by atoms with van der Waals surface area (Å²) in [4.78, 5) is 47.0. The van der Waals surface area contributed by atoms with E-state index in [1.807, 2.05) is 0 Å². The van der Waals surface area contributed by atoms with Crippen LogP contribution in [0.1, 0.15) is 12.2 Å². The number of nitrogens with zero attached hydrogens (tertiary/aromatic N) is 3. The number of H-pyrrole nitrogens is 1. The summed E-state index contributed by atoms with van der Waals surface area (Å²) in [5.74, 6) is -0.745. The Kier molecular flexibility index (Phi) is 4.33. The van der Waals surface area contributed by atoms with E-state index in [2.05, 4.69) is 9.97 Å². The summed E-state index contributed by atoms with van der Waals surface area (Å²) in [5.41, 5.74) is 0.725. The second-order valence-electron chi connectivity index (χ2n) is 6.33. The number of thiophene rings is 1. The second-order valence-corrected chi connectivity index (χ2v) is 7.24. The fourth-order valence-corrected chi connectivity index (χ4v) is 3.89. The number of aromatic nitrogens is 2. The largest absolute Gasteiger partial charge is 0.308 e. The van der Waals surface area contributed by atoms with E-state index in [1.165, 1.54) is 35.6 Å². The molecule has 1 fully saturated rings. The number of anilines is 1. The molecule has 0 saturated carbocycles. The van der Waals surface area contributed by atoms with Gasteiger partial charge in [-0.3, -0.25) is 19.3 Å². The van der Waals surface area contributed by atoms with Gasteiger partial charge in [0.1, 0.15) is 16.3 Å². The highest BCUT2D eigenvalue weighted by Crippen LogP contribution is 2.26. The maximum atomic E-state index is 13.1. The summed E-state index contributed by atoms with van der Waals surface area (Å²) in [5, 5.41) is 1.79. The summed E-state index contributed by atoms with van der Waals surface area (Å²) in [6.45, 7) is 0.210. The first-order chi connectivity index (χ1) is 12.9. The summed E-state index contributed by atoms with van der Waals surface area (Å²) in [6.07, 6.45) is 0.0115. The lowest BCUT2D eigenvalue weighted by molar-refractivity contribution is -0.122. The van der Waals surface area contributed by atoms with Crippen molar-refractivity contribution in [3.8, 4) is 0 Å². The molecule has 0 aliphatic carbocycles. The summed E-state index contributed by atoms with van der Waals surface area (Å²) in [6, 6.07) is 6.30. The molecule has 0 radical (unpaired) electrons. The average molecular weight is 386 g/mol. The molecule has 9 heteroatoms. The van der Waals surface area contributed by atoms with Crippen molar-refractivity contribution in [3.05, 3.63) is 57.7 Å². The number of hydrogen-bond donors (Lipinski definition) is 1. The molecule has 1 aliphatic rings. The molecule has 7 nitrogen and oxygen atoms in total. The number of carbonyl (C=O) groups excluding carboxylic acids is 2. The maximum Gasteiger partial charge on any atom is 0.268 e. The fourth-order valence-electron chi connectivity index (χ4n) is 3.16. The van der Waals surface area contributed by atoms with E-state index in [0.717, 1.165) is 4.90 Å². The Bertz CT molecular complexity index is 1090. The second kappa shape index (κ2) is 6.67. The molecule has 0 unspecified atom stereocenters. The molecule has 2 aromatic heterocycles. The van der Waals surface area contributed by atoms with Crippen LogP contribution < -0.4 is 10.5 Å². The molecule has 3 heterocycles. The first-order valence-electron chi connectivity index (χ1n) is 8.23. The van der Waals surface area contributed by atoms with Gasteiger partial charge in [0.05, 0.1) is 30.2 Å². The SMILES string of the molecule is CN(Cc1nc2ccsc2c(=O)[nH]1)[C@H]1CC(=O)N(c2ccc(F)cc2)C1=O. The van der Waals surface area contributed by atoms with Crippen molar-refractivity contribution in [2.75, 3.05) is 11.9 Å². The zero-order chi connectivity index (χ0) is 19.1. The average Bonchev–Trinajstić information content (AvgIpc) is 3.21. The van der Waals surface area contributed by atoms with E-state index in [9.17, 15) is 18.8 Å². The minimum Gasteiger partial charge on any atom is -0.308 e.